The van der Waals surface area contributed by atoms with Gasteiger partial charge in [0.05, 0.1) is 11.5 Å². The molecule has 1 aliphatic rings. The van der Waals surface area contributed by atoms with E-state index in [4.69, 9.17) is 0 Å². The molecule has 0 spiro atoms. The average Bonchev–Trinajstić information content (AvgIpc) is 2.45. The Morgan fingerprint density at radius 1 is 1.38 bits per heavy atom. The summed E-state index contributed by atoms with van der Waals surface area (Å²) >= 11 is 0. The Bertz CT molecular complexity index is 427. The number of rotatable bonds is 5. The zero-order valence-electron chi connectivity index (χ0n) is 9.51. The van der Waals surface area contributed by atoms with Crippen molar-refractivity contribution in [3.8, 4) is 0 Å². The summed E-state index contributed by atoms with van der Waals surface area (Å²) in [6.45, 7) is 0.292. The number of nitrogens with one attached hydrogen (secondary N) is 1. The lowest BCUT2D eigenvalue weighted by atomic mass is 10.1. The van der Waals surface area contributed by atoms with Crippen molar-refractivity contribution in [3.05, 3.63) is 0 Å². The highest BCUT2D eigenvalue weighted by Gasteiger charge is 2.27. The summed E-state index contributed by atoms with van der Waals surface area (Å²) in [4.78, 5) is 0. The van der Waals surface area contributed by atoms with Gasteiger partial charge in [0.25, 0.3) is 10.2 Å². The summed E-state index contributed by atoms with van der Waals surface area (Å²) in [5.41, 5.74) is 0. The van der Waals surface area contributed by atoms with E-state index in [-0.39, 0.29) is 17.4 Å². The monoisotopic (exact) mass is 270 g/mol. The van der Waals surface area contributed by atoms with E-state index in [0.717, 1.165) is 4.31 Å². The minimum absolute atomic E-state index is 0.0925. The number of hydrogen-bond donors (Lipinski definition) is 1. The fourth-order valence-corrected chi connectivity index (χ4v) is 4.17. The van der Waals surface area contributed by atoms with Crippen LogP contribution in [0.25, 0.3) is 0 Å². The first-order valence-electron chi connectivity index (χ1n) is 5.10. The first-order chi connectivity index (χ1) is 7.23. The minimum Gasteiger partial charge on any atom is -0.229 e. The highest BCUT2D eigenvalue weighted by Crippen LogP contribution is 2.20. The molecule has 8 heteroatoms. The Morgan fingerprint density at radius 3 is 2.44 bits per heavy atom. The summed E-state index contributed by atoms with van der Waals surface area (Å²) in [6, 6.07) is 0. The number of nitrogens with zero attached hydrogens (tertiary/aromatic N) is 1. The molecule has 1 aliphatic heterocycles. The maximum Gasteiger partial charge on any atom is 0.278 e. The molecule has 0 aromatic rings. The summed E-state index contributed by atoms with van der Waals surface area (Å²) in [7, 11) is -3.36. The average molecular weight is 270 g/mol. The topological polar surface area (TPSA) is 83.6 Å². The summed E-state index contributed by atoms with van der Waals surface area (Å²) < 4.78 is 48.5. The summed E-state index contributed by atoms with van der Waals surface area (Å²) in [6.07, 6.45) is 1.22. The molecule has 0 radical (unpaired) electrons. The van der Waals surface area contributed by atoms with Gasteiger partial charge in [0, 0.05) is 20.6 Å². The van der Waals surface area contributed by atoms with Crippen molar-refractivity contribution in [1.29, 1.82) is 0 Å². The van der Waals surface area contributed by atoms with Gasteiger partial charge in [0.15, 0.2) is 9.84 Å². The van der Waals surface area contributed by atoms with Crippen molar-refractivity contribution >= 4 is 20.0 Å². The van der Waals surface area contributed by atoms with Crippen LogP contribution in [0.4, 0.5) is 0 Å². The van der Waals surface area contributed by atoms with Gasteiger partial charge in [-0.05, 0) is 18.8 Å². The lowest BCUT2D eigenvalue weighted by Gasteiger charge is -2.13. The zero-order valence-corrected chi connectivity index (χ0v) is 11.1. The van der Waals surface area contributed by atoms with Crippen LogP contribution in [0.5, 0.6) is 0 Å². The molecule has 1 rings (SSSR count). The molecule has 0 amide bonds. The van der Waals surface area contributed by atoms with Crippen LogP contribution >= 0.6 is 0 Å². The minimum atomic E-state index is -3.38. The maximum atomic E-state index is 11.3. The third-order valence-electron chi connectivity index (χ3n) is 2.64. The van der Waals surface area contributed by atoms with Crippen molar-refractivity contribution in [2.45, 2.75) is 12.8 Å². The standard InChI is InChI=1S/C8H18N2O4S2/c1-10(2)16(13,14)9-5-3-8-4-6-15(11,12)7-8/h8-9H,3-7H2,1-2H3. The van der Waals surface area contributed by atoms with Gasteiger partial charge in [0.1, 0.15) is 0 Å². The van der Waals surface area contributed by atoms with Crippen LogP contribution in [0, 0.1) is 5.92 Å². The molecule has 0 aromatic carbocycles. The lowest BCUT2D eigenvalue weighted by Crippen LogP contribution is -2.36. The second kappa shape index (κ2) is 4.99. The van der Waals surface area contributed by atoms with E-state index in [1.807, 2.05) is 0 Å². The van der Waals surface area contributed by atoms with Gasteiger partial charge in [-0.2, -0.15) is 12.7 Å². The smallest absolute Gasteiger partial charge is 0.229 e. The highest BCUT2D eigenvalue weighted by molar-refractivity contribution is 7.91. The van der Waals surface area contributed by atoms with Gasteiger partial charge in [-0.1, -0.05) is 0 Å². The molecular formula is C8H18N2O4S2. The van der Waals surface area contributed by atoms with Crippen molar-refractivity contribution in [2.75, 3.05) is 32.1 Å². The van der Waals surface area contributed by atoms with Crippen molar-refractivity contribution in [2.24, 2.45) is 5.92 Å². The Kier molecular flexibility index (Phi) is 4.33. The van der Waals surface area contributed by atoms with Crippen molar-refractivity contribution in [1.82, 2.24) is 9.03 Å². The first kappa shape index (κ1) is 13.9. The quantitative estimate of drug-likeness (QED) is 0.709. The molecule has 0 aliphatic carbocycles. The van der Waals surface area contributed by atoms with Gasteiger partial charge in [-0.3, -0.25) is 0 Å². The van der Waals surface area contributed by atoms with Gasteiger partial charge >= 0.3 is 0 Å². The highest BCUT2D eigenvalue weighted by atomic mass is 32.2. The molecule has 16 heavy (non-hydrogen) atoms. The van der Waals surface area contributed by atoms with E-state index in [1.165, 1.54) is 14.1 Å². The molecular weight excluding hydrogens is 252 g/mol. The van der Waals surface area contributed by atoms with Crippen LogP contribution in [0.15, 0.2) is 0 Å². The van der Waals surface area contributed by atoms with Crippen molar-refractivity contribution < 1.29 is 16.8 Å². The summed E-state index contributed by atoms with van der Waals surface area (Å²) in [5, 5.41) is 0. The van der Waals surface area contributed by atoms with E-state index in [9.17, 15) is 16.8 Å². The molecule has 0 bridgehead atoms. The van der Waals surface area contributed by atoms with E-state index >= 15 is 0 Å². The van der Waals surface area contributed by atoms with E-state index in [1.54, 1.807) is 0 Å². The van der Waals surface area contributed by atoms with Gasteiger partial charge in [-0.25, -0.2) is 13.1 Å². The molecule has 1 fully saturated rings. The van der Waals surface area contributed by atoms with Crippen LogP contribution in [0.2, 0.25) is 0 Å². The summed E-state index contributed by atoms with van der Waals surface area (Å²) in [5.74, 6) is 0.518. The fourth-order valence-electron chi connectivity index (χ4n) is 1.62. The molecule has 1 heterocycles. The van der Waals surface area contributed by atoms with Gasteiger partial charge in [-0.15, -0.1) is 0 Å². The molecule has 1 N–H and O–H groups in total. The molecule has 1 saturated heterocycles. The normalized spacial score (nSPS) is 25.1. The van der Waals surface area contributed by atoms with Gasteiger partial charge < -0.3 is 0 Å². The van der Waals surface area contributed by atoms with Gasteiger partial charge in [0.2, 0.25) is 0 Å². The Hall–Kier alpha value is -0.180. The molecule has 1 unspecified atom stereocenters. The molecule has 6 nitrogen and oxygen atoms in total. The third kappa shape index (κ3) is 4.00. The molecule has 1 atom stereocenters. The van der Waals surface area contributed by atoms with Crippen LogP contribution in [0.3, 0.4) is 0 Å². The number of sulfone groups is 1. The zero-order chi connectivity index (χ0) is 12.4. The number of hydrogen-bond acceptors (Lipinski definition) is 4. The van der Waals surface area contributed by atoms with Crippen LogP contribution in [-0.4, -0.2) is 53.3 Å². The van der Waals surface area contributed by atoms with Crippen LogP contribution in [-0.2, 0) is 20.0 Å². The Balaban J connectivity index is 2.33. The van der Waals surface area contributed by atoms with Crippen molar-refractivity contribution in [3.63, 3.8) is 0 Å². The Labute approximate surface area is 97.1 Å². The molecule has 0 saturated carbocycles. The SMILES string of the molecule is CN(C)S(=O)(=O)NCCC1CCS(=O)(=O)C1. The predicted octanol–water partition coefficient (Wildman–Crippen LogP) is -0.793. The largest absolute Gasteiger partial charge is 0.278 e. The second-order valence-electron chi connectivity index (χ2n) is 4.24. The fraction of sp³-hybridized carbons (Fsp3) is 1.00. The van der Waals surface area contributed by atoms with E-state index in [2.05, 4.69) is 4.72 Å². The van der Waals surface area contributed by atoms with E-state index in [0.29, 0.717) is 19.4 Å². The molecule has 96 valence electrons. The van der Waals surface area contributed by atoms with Crippen LogP contribution in [0.1, 0.15) is 12.8 Å². The first-order valence-corrected chi connectivity index (χ1v) is 8.36. The third-order valence-corrected chi connectivity index (χ3v) is 6.01. The van der Waals surface area contributed by atoms with Crippen LogP contribution < -0.4 is 4.72 Å². The lowest BCUT2D eigenvalue weighted by molar-refractivity contribution is 0.489. The second-order valence-corrected chi connectivity index (χ2v) is 8.44. The van der Waals surface area contributed by atoms with E-state index < -0.39 is 20.0 Å². The maximum absolute atomic E-state index is 11.3. The predicted molar refractivity (Wildman–Crippen MR) is 62.0 cm³/mol. The Morgan fingerprint density at radius 2 is 2.00 bits per heavy atom. The molecule has 0 aromatic heterocycles.